The molecule has 6 rings (SSSR count). The fraction of sp³-hybridized carbons (Fsp3) is 0.481. The Morgan fingerprint density at radius 1 is 1.06 bits per heavy atom. The standard InChI is InChI=1S/C27H33N7O/c1-19-12-32(25-8-7-23(11-28)34-26(25)9-10-30-34)16-24(35-19)15-31-13-21(14-31)20-3-5-22(6-4-20)33-17-27(2,29)18-33/h3-10,19,21,24H,12-18,29H2,1-2H3/t19-,24+/m1/s1. The van der Waals surface area contributed by atoms with E-state index in [1.165, 1.54) is 11.3 Å². The minimum absolute atomic E-state index is 0.0492. The Morgan fingerprint density at radius 3 is 2.54 bits per heavy atom. The summed E-state index contributed by atoms with van der Waals surface area (Å²) in [4.78, 5) is 7.23. The highest BCUT2D eigenvalue weighted by Gasteiger charge is 2.36. The summed E-state index contributed by atoms with van der Waals surface area (Å²) in [7, 11) is 0. The van der Waals surface area contributed by atoms with Crippen molar-refractivity contribution in [3.8, 4) is 6.07 Å². The Morgan fingerprint density at radius 2 is 1.83 bits per heavy atom. The second kappa shape index (κ2) is 8.52. The van der Waals surface area contributed by atoms with Crippen LogP contribution in [0.5, 0.6) is 0 Å². The summed E-state index contributed by atoms with van der Waals surface area (Å²) in [6.07, 6.45) is 2.05. The number of anilines is 2. The smallest absolute Gasteiger partial charge is 0.142 e. The molecule has 8 heteroatoms. The van der Waals surface area contributed by atoms with Gasteiger partial charge in [-0.3, -0.25) is 4.90 Å². The molecule has 2 aromatic heterocycles. The minimum atomic E-state index is -0.0492. The molecule has 3 aliphatic rings. The van der Waals surface area contributed by atoms with Crippen LogP contribution in [0.3, 0.4) is 0 Å². The summed E-state index contributed by atoms with van der Waals surface area (Å²) < 4.78 is 8.06. The number of aromatic nitrogens is 2. The van der Waals surface area contributed by atoms with E-state index in [1.807, 2.05) is 18.2 Å². The number of hydrogen-bond acceptors (Lipinski definition) is 7. The summed E-state index contributed by atoms with van der Waals surface area (Å²) >= 11 is 0. The zero-order valence-electron chi connectivity index (χ0n) is 20.5. The third-order valence-electron chi connectivity index (χ3n) is 7.57. The Balaban J connectivity index is 1.06. The maximum atomic E-state index is 9.39. The van der Waals surface area contributed by atoms with Crippen molar-refractivity contribution in [2.75, 3.05) is 55.6 Å². The van der Waals surface area contributed by atoms with Gasteiger partial charge in [0.25, 0.3) is 0 Å². The van der Waals surface area contributed by atoms with Crippen LogP contribution in [-0.2, 0) is 4.74 Å². The number of pyridine rings is 1. The number of fused-ring (bicyclic) bond motifs is 1. The van der Waals surface area contributed by atoms with E-state index in [0.717, 1.165) is 57.0 Å². The summed E-state index contributed by atoms with van der Waals surface area (Å²) in [6, 6.07) is 17.2. The lowest BCUT2D eigenvalue weighted by Crippen LogP contribution is -2.65. The molecule has 0 spiro atoms. The van der Waals surface area contributed by atoms with Gasteiger partial charge in [0, 0.05) is 63.0 Å². The first-order chi connectivity index (χ1) is 16.9. The number of ether oxygens (including phenoxy) is 1. The lowest BCUT2D eigenvalue weighted by Gasteiger charge is -2.47. The predicted octanol–water partition coefficient (Wildman–Crippen LogP) is 2.44. The molecule has 2 N–H and O–H groups in total. The van der Waals surface area contributed by atoms with E-state index >= 15 is 0 Å². The van der Waals surface area contributed by atoms with Gasteiger partial charge >= 0.3 is 0 Å². The quantitative estimate of drug-likeness (QED) is 0.612. The van der Waals surface area contributed by atoms with Crippen molar-refractivity contribution in [3.05, 3.63) is 59.9 Å². The molecule has 0 radical (unpaired) electrons. The largest absolute Gasteiger partial charge is 0.370 e. The molecule has 0 saturated carbocycles. The molecule has 3 aliphatic heterocycles. The second-order valence-corrected chi connectivity index (χ2v) is 10.8. The van der Waals surface area contributed by atoms with Crippen molar-refractivity contribution < 1.29 is 4.74 Å². The molecule has 35 heavy (non-hydrogen) atoms. The van der Waals surface area contributed by atoms with Crippen LogP contribution in [0.2, 0.25) is 0 Å². The van der Waals surface area contributed by atoms with Crippen molar-refractivity contribution in [3.63, 3.8) is 0 Å². The van der Waals surface area contributed by atoms with Crippen LogP contribution in [0.1, 0.15) is 31.0 Å². The lowest BCUT2D eigenvalue weighted by molar-refractivity contribution is -0.0435. The molecule has 5 heterocycles. The normalized spacial score (nSPS) is 24.7. The first kappa shape index (κ1) is 22.4. The number of nitrogens with two attached hydrogens (primary N) is 1. The fourth-order valence-electron chi connectivity index (χ4n) is 5.88. The molecule has 1 aromatic carbocycles. The topological polar surface area (TPSA) is 86.1 Å². The average Bonchev–Trinajstić information content (AvgIpc) is 3.29. The fourth-order valence-corrected chi connectivity index (χ4v) is 5.88. The molecule has 8 nitrogen and oxygen atoms in total. The van der Waals surface area contributed by atoms with Crippen LogP contribution >= 0.6 is 0 Å². The molecular weight excluding hydrogens is 438 g/mol. The van der Waals surface area contributed by atoms with Gasteiger partial charge < -0.3 is 20.3 Å². The van der Waals surface area contributed by atoms with Gasteiger partial charge in [0.1, 0.15) is 11.8 Å². The van der Waals surface area contributed by atoms with Crippen molar-refractivity contribution in [2.24, 2.45) is 5.73 Å². The number of nitriles is 1. The van der Waals surface area contributed by atoms with E-state index in [0.29, 0.717) is 11.6 Å². The summed E-state index contributed by atoms with van der Waals surface area (Å²) in [5.41, 5.74) is 11.4. The highest BCUT2D eigenvalue weighted by Crippen LogP contribution is 2.32. The molecule has 0 aliphatic carbocycles. The van der Waals surface area contributed by atoms with Crippen LogP contribution < -0.4 is 15.5 Å². The van der Waals surface area contributed by atoms with Gasteiger partial charge in [-0.1, -0.05) is 12.1 Å². The molecule has 3 aromatic rings. The third kappa shape index (κ3) is 4.25. The SMILES string of the molecule is C[C@@H]1CN(c2ccc(C#N)n3nccc23)C[C@H](CN2CC(c3ccc(N4CC(C)(N)C4)cc3)C2)O1. The number of likely N-dealkylation sites (tertiary alicyclic amines) is 1. The van der Waals surface area contributed by atoms with Gasteiger partial charge in [0.2, 0.25) is 0 Å². The van der Waals surface area contributed by atoms with Gasteiger partial charge in [0.05, 0.1) is 29.6 Å². The maximum Gasteiger partial charge on any atom is 0.142 e. The van der Waals surface area contributed by atoms with E-state index in [4.69, 9.17) is 10.5 Å². The zero-order valence-corrected chi connectivity index (χ0v) is 20.5. The monoisotopic (exact) mass is 471 g/mol. The maximum absolute atomic E-state index is 9.39. The molecule has 3 fully saturated rings. The first-order valence-corrected chi connectivity index (χ1v) is 12.5. The molecule has 3 saturated heterocycles. The number of benzene rings is 1. The third-order valence-corrected chi connectivity index (χ3v) is 7.57. The molecule has 0 unspecified atom stereocenters. The van der Waals surface area contributed by atoms with Crippen LogP contribution in [0, 0.1) is 11.3 Å². The van der Waals surface area contributed by atoms with E-state index < -0.39 is 0 Å². The van der Waals surface area contributed by atoms with Crippen LogP contribution in [-0.4, -0.2) is 78.1 Å². The minimum Gasteiger partial charge on any atom is -0.370 e. The summed E-state index contributed by atoms with van der Waals surface area (Å²) in [5.74, 6) is 0.585. The second-order valence-electron chi connectivity index (χ2n) is 10.8. The van der Waals surface area contributed by atoms with E-state index in [-0.39, 0.29) is 17.7 Å². The van der Waals surface area contributed by atoms with Crippen molar-refractivity contribution >= 4 is 16.9 Å². The average molecular weight is 472 g/mol. The number of nitrogens with zero attached hydrogens (tertiary/aromatic N) is 6. The molecule has 0 amide bonds. The Hall–Kier alpha value is -3.12. The Kier molecular flexibility index (Phi) is 5.44. The summed E-state index contributed by atoms with van der Waals surface area (Å²) in [5, 5.41) is 13.7. The first-order valence-electron chi connectivity index (χ1n) is 12.5. The van der Waals surface area contributed by atoms with Gasteiger partial charge in [-0.2, -0.15) is 10.4 Å². The van der Waals surface area contributed by atoms with Gasteiger partial charge in [-0.15, -0.1) is 0 Å². The van der Waals surface area contributed by atoms with Crippen LogP contribution in [0.25, 0.3) is 5.52 Å². The lowest BCUT2D eigenvalue weighted by atomic mass is 9.89. The molecular formula is C27H33N7O. The van der Waals surface area contributed by atoms with Crippen LogP contribution in [0.4, 0.5) is 11.4 Å². The predicted molar refractivity (Wildman–Crippen MR) is 137 cm³/mol. The van der Waals surface area contributed by atoms with Crippen molar-refractivity contribution in [1.82, 2.24) is 14.5 Å². The van der Waals surface area contributed by atoms with Gasteiger partial charge in [0.15, 0.2) is 0 Å². The van der Waals surface area contributed by atoms with Gasteiger partial charge in [-0.05, 0) is 49.7 Å². The highest BCUT2D eigenvalue weighted by atomic mass is 16.5. The number of morpholine rings is 1. The molecule has 182 valence electrons. The number of hydrogen-bond donors (Lipinski definition) is 1. The molecule has 2 atom stereocenters. The number of rotatable bonds is 5. The summed E-state index contributed by atoms with van der Waals surface area (Å²) in [6.45, 7) is 10.8. The zero-order chi connectivity index (χ0) is 24.2. The van der Waals surface area contributed by atoms with E-state index in [9.17, 15) is 5.26 Å². The van der Waals surface area contributed by atoms with E-state index in [2.05, 4.69) is 64.0 Å². The van der Waals surface area contributed by atoms with E-state index in [1.54, 1.807) is 10.7 Å². The Labute approximate surface area is 206 Å². The van der Waals surface area contributed by atoms with Crippen molar-refractivity contribution in [1.29, 1.82) is 5.26 Å². The Bertz CT molecular complexity index is 1250. The molecule has 0 bridgehead atoms. The van der Waals surface area contributed by atoms with Crippen molar-refractivity contribution in [2.45, 2.75) is 37.5 Å². The highest BCUT2D eigenvalue weighted by molar-refractivity contribution is 5.74. The van der Waals surface area contributed by atoms with Crippen LogP contribution in [0.15, 0.2) is 48.7 Å². The van der Waals surface area contributed by atoms with Gasteiger partial charge in [-0.25, -0.2) is 4.52 Å².